The van der Waals surface area contributed by atoms with Gasteiger partial charge in [-0.25, -0.2) is 14.0 Å². The Balaban J connectivity index is 1.49. The minimum Gasteiger partial charge on any atom is -0.396 e. The molecule has 1 unspecified atom stereocenters. The molecule has 0 radical (unpaired) electrons. The van der Waals surface area contributed by atoms with Crippen molar-refractivity contribution in [1.29, 1.82) is 5.26 Å². The molecule has 5 rings (SSSR count). The fourth-order valence-electron chi connectivity index (χ4n) is 4.31. The van der Waals surface area contributed by atoms with E-state index in [9.17, 15) is 10.1 Å². The maximum atomic E-state index is 13.1. The van der Waals surface area contributed by atoms with Gasteiger partial charge in [0.25, 0.3) is 5.91 Å². The quantitative estimate of drug-likeness (QED) is 0.476. The largest absolute Gasteiger partial charge is 0.396 e. The fourth-order valence-corrected chi connectivity index (χ4v) is 4.57. The van der Waals surface area contributed by atoms with Crippen LogP contribution in [0.15, 0.2) is 36.9 Å². The van der Waals surface area contributed by atoms with Gasteiger partial charge >= 0.3 is 0 Å². The van der Waals surface area contributed by atoms with Gasteiger partial charge in [-0.1, -0.05) is 11.6 Å². The number of fused-ring (bicyclic) bond motifs is 2. The molecule has 33 heavy (non-hydrogen) atoms. The van der Waals surface area contributed by atoms with E-state index in [-0.39, 0.29) is 17.9 Å². The van der Waals surface area contributed by atoms with Crippen LogP contribution in [-0.4, -0.2) is 43.2 Å². The molecule has 168 valence electrons. The number of piperidine rings is 1. The number of nitrogens with zero attached hydrogens (tertiary/aromatic N) is 7. The number of halogens is 1. The molecular weight excluding hydrogens is 442 g/mol. The summed E-state index contributed by atoms with van der Waals surface area (Å²) in [4.78, 5) is 19.6. The molecule has 1 aliphatic rings. The predicted octanol–water partition coefficient (Wildman–Crippen LogP) is 2.84. The number of nitrogens with two attached hydrogens (primary N) is 1. The molecule has 0 bridgehead atoms. The van der Waals surface area contributed by atoms with E-state index in [0.717, 1.165) is 42.8 Å². The highest BCUT2D eigenvalue weighted by Gasteiger charge is 2.27. The Kier molecular flexibility index (Phi) is 5.26. The molecule has 0 aliphatic carbocycles. The SMILES string of the molecule is CC(NC(=O)c1cnn2cc(N)cnc12)c1cc(Cl)c2ccnn2c1N1CCC(C#N)CC1. The van der Waals surface area contributed by atoms with E-state index in [1.54, 1.807) is 12.4 Å². The third-order valence-electron chi connectivity index (χ3n) is 6.04. The van der Waals surface area contributed by atoms with E-state index in [0.29, 0.717) is 21.9 Å². The summed E-state index contributed by atoms with van der Waals surface area (Å²) in [5.74, 6) is 0.620. The summed E-state index contributed by atoms with van der Waals surface area (Å²) >= 11 is 6.56. The number of nitrogens with one attached hydrogen (secondary N) is 1. The number of rotatable bonds is 4. The van der Waals surface area contributed by atoms with Crippen LogP contribution in [-0.2, 0) is 0 Å². The van der Waals surface area contributed by atoms with Crippen molar-refractivity contribution in [3.8, 4) is 6.07 Å². The molecule has 1 fully saturated rings. The number of carbonyl (C=O) groups is 1. The number of anilines is 2. The van der Waals surface area contributed by atoms with Crippen molar-refractivity contribution in [1.82, 2.24) is 29.5 Å². The molecule has 4 aromatic rings. The van der Waals surface area contributed by atoms with Crippen LogP contribution in [0.5, 0.6) is 0 Å². The van der Waals surface area contributed by atoms with Gasteiger partial charge in [0.2, 0.25) is 0 Å². The lowest BCUT2D eigenvalue weighted by molar-refractivity contribution is 0.0941. The molecule has 0 saturated carbocycles. The van der Waals surface area contributed by atoms with Crippen LogP contribution in [0.1, 0.15) is 41.7 Å². The Bertz CT molecular complexity index is 1390. The van der Waals surface area contributed by atoms with Crippen molar-refractivity contribution in [2.75, 3.05) is 23.7 Å². The standard InChI is InChI=1S/C22H22ClN9O/c1-13(29-21(33)17-11-28-31-12-15(25)10-26-20(17)31)16-8-18(23)19-2-5-27-32(19)22(16)30-6-3-14(9-24)4-7-30/h2,5,8,10-14H,3-4,6-7,25H2,1H3,(H,29,33). The third kappa shape index (κ3) is 3.70. The fraction of sp³-hybridized carbons (Fsp3) is 0.318. The molecular formula is C22H22ClN9O. The van der Waals surface area contributed by atoms with E-state index in [2.05, 4.69) is 31.5 Å². The average molecular weight is 464 g/mol. The number of aromatic nitrogens is 5. The third-order valence-corrected chi connectivity index (χ3v) is 6.34. The monoisotopic (exact) mass is 463 g/mol. The minimum absolute atomic E-state index is 0.0550. The van der Waals surface area contributed by atoms with Crippen molar-refractivity contribution >= 4 is 40.2 Å². The molecule has 1 amide bonds. The van der Waals surface area contributed by atoms with Crippen LogP contribution in [0.2, 0.25) is 5.02 Å². The van der Waals surface area contributed by atoms with Gasteiger partial charge in [-0.05, 0) is 31.9 Å². The van der Waals surface area contributed by atoms with Gasteiger partial charge in [-0.2, -0.15) is 15.5 Å². The lowest BCUT2D eigenvalue weighted by atomic mass is 9.97. The Morgan fingerprint density at radius 3 is 2.88 bits per heavy atom. The molecule has 10 nitrogen and oxygen atoms in total. The number of hydrogen-bond acceptors (Lipinski definition) is 7. The van der Waals surface area contributed by atoms with Crippen molar-refractivity contribution in [3.63, 3.8) is 0 Å². The van der Waals surface area contributed by atoms with Crippen LogP contribution < -0.4 is 16.0 Å². The first-order chi connectivity index (χ1) is 16.0. The Hall–Kier alpha value is -3.84. The summed E-state index contributed by atoms with van der Waals surface area (Å²) in [6, 6.07) is 5.72. The maximum Gasteiger partial charge on any atom is 0.257 e. The predicted molar refractivity (Wildman–Crippen MR) is 124 cm³/mol. The summed E-state index contributed by atoms with van der Waals surface area (Å²) in [5, 5.41) is 21.5. The second kappa shape index (κ2) is 8.26. The Labute approximate surface area is 194 Å². The van der Waals surface area contributed by atoms with Crippen LogP contribution in [0.25, 0.3) is 11.2 Å². The minimum atomic E-state index is -0.379. The first-order valence-corrected chi connectivity index (χ1v) is 11.0. The molecule has 4 aromatic heterocycles. The van der Waals surface area contributed by atoms with Gasteiger partial charge < -0.3 is 16.0 Å². The van der Waals surface area contributed by atoms with E-state index >= 15 is 0 Å². The molecule has 0 aromatic carbocycles. The van der Waals surface area contributed by atoms with Gasteiger partial charge in [-0.15, -0.1) is 0 Å². The smallest absolute Gasteiger partial charge is 0.257 e. The van der Waals surface area contributed by atoms with Crippen LogP contribution in [0.3, 0.4) is 0 Å². The lowest BCUT2D eigenvalue weighted by Crippen LogP contribution is -2.37. The van der Waals surface area contributed by atoms with Crippen LogP contribution in [0.4, 0.5) is 11.5 Å². The lowest BCUT2D eigenvalue weighted by Gasteiger charge is -2.34. The number of pyridine rings is 1. The molecule has 11 heteroatoms. The highest BCUT2D eigenvalue weighted by atomic mass is 35.5. The van der Waals surface area contributed by atoms with Gasteiger partial charge in [0.05, 0.1) is 53.1 Å². The van der Waals surface area contributed by atoms with E-state index < -0.39 is 0 Å². The summed E-state index contributed by atoms with van der Waals surface area (Å²) < 4.78 is 3.29. The topological polar surface area (TPSA) is 130 Å². The van der Waals surface area contributed by atoms with E-state index in [1.165, 1.54) is 16.9 Å². The second-order valence-corrected chi connectivity index (χ2v) is 8.61. The highest BCUT2D eigenvalue weighted by Crippen LogP contribution is 2.34. The van der Waals surface area contributed by atoms with Crippen molar-refractivity contribution in [2.45, 2.75) is 25.8 Å². The van der Waals surface area contributed by atoms with Gasteiger partial charge in [-0.3, -0.25) is 4.79 Å². The van der Waals surface area contributed by atoms with E-state index in [1.807, 2.05) is 23.6 Å². The Morgan fingerprint density at radius 2 is 2.12 bits per heavy atom. The number of carbonyl (C=O) groups excluding carboxylic acids is 1. The second-order valence-electron chi connectivity index (χ2n) is 8.20. The molecule has 1 aliphatic heterocycles. The number of nitriles is 1. The van der Waals surface area contributed by atoms with Crippen molar-refractivity contribution in [3.05, 3.63) is 53.1 Å². The van der Waals surface area contributed by atoms with Gasteiger partial charge in [0.15, 0.2) is 5.65 Å². The normalized spacial score (nSPS) is 15.6. The number of hydrogen-bond donors (Lipinski definition) is 2. The van der Waals surface area contributed by atoms with Crippen molar-refractivity contribution < 1.29 is 4.79 Å². The van der Waals surface area contributed by atoms with Crippen molar-refractivity contribution in [2.24, 2.45) is 5.92 Å². The molecule has 1 atom stereocenters. The summed E-state index contributed by atoms with van der Waals surface area (Å²) in [7, 11) is 0. The molecule has 5 heterocycles. The Morgan fingerprint density at radius 1 is 1.33 bits per heavy atom. The molecule has 0 spiro atoms. The van der Waals surface area contributed by atoms with E-state index in [4.69, 9.17) is 17.3 Å². The zero-order valence-corrected chi connectivity index (χ0v) is 18.7. The zero-order chi connectivity index (χ0) is 23.1. The number of nitrogen functional groups attached to an aromatic ring is 1. The van der Waals surface area contributed by atoms with Gasteiger partial charge in [0.1, 0.15) is 11.4 Å². The maximum absolute atomic E-state index is 13.1. The summed E-state index contributed by atoms with van der Waals surface area (Å²) in [6.07, 6.45) is 7.83. The first kappa shape index (κ1) is 21.0. The number of amides is 1. The molecule has 1 saturated heterocycles. The molecule has 3 N–H and O–H groups in total. The highest BCUT2D eigenvalue weighted by molar-refractivity contribution is 6.34. The summed E-state index contributed by atoms with van der Waals surface area (Å²) in [6.45, 7) is 3.35. The first-order valence-electron chi connectivity index (χ1n) is 10.7. The van der Waals surface area contributed by atoms with Gasteiger partial charge in [0, 0.05) is 24.6 Å². The summed E-state index contributed by atoms with van der Waals surface area (Å²) in [5.41, 5.74) is 8.62. The zero-order valence-electron chi connectivity index (χ0n) is 17.9. The van der Waals surface area contributed by atoms with Crippen LogP contribution in [0, 0.1) is 17.2 Å². The average Bonchev–Trinajstić information content (AvgIpc) is 3.46. The van der Waals surface area contributed by atoms with Crippen LogP contribution >= 0.6 is 11.6 Å².